The Morgan fingerprint density at radius 3 is 2.89 bits per heavy atom. The summed E-state index contributed by atoms with van der Waals surface area (Å²) in [5.41, 5.74) is 4.94. The second-order valence-corrected chi connectivity index (χ2v) is 7.34. The second-order valence-electron chi connectivity index (χ2n) is 7.34. The lowest BCUT2D eigenvalue weighted by Gasteiger charge is -2.22. The Bertz CT molecular complexity index is 847. The number of hydrogen-bond donors (Lipinski definition) is 1. The summed E-state index contributed by atoms with van der Waals surface area (Å²) in [4.78, 5) is 21.3. The fourth-order valence-electron chi connectivity index (χ4n) is 3.71. The molecule has 1 aromatic heterocycles. The molecule has 0 bridgehead atoms. The van der Waals surface area contributed by atoms with Gasteiger partial charge in [0.05, 0.1) is 23.6 Å². The Morgan fingerprint density at radius 1 is 1.26 bits per heavy atom. The van der Waals surface area contributed by atoms with Crippen molar-refractivity contribution in [2.75, 3.05) is 19.8 Å². The number of hydrogen-bond acceptors (Lipinski definition) is 5. The zero-order chi connectivity index (χ0) is 18.8. The minimum atomic E-state index is -0.0243. The van der Waals surface area contributed by atoms with Crippen molar-refractivity contribution in [3.8, 4) is 17.0 Å². The Hall–Kier alpha value is -2.47. The minimum Gasteiger partial charge on any atom is -0.488 e. The lowest BCUT2D eigenvalue weighted by atomic mass is 9.99. The normalized spacial score (nSPS) is 19.4. The summed E-state index contributed by atoms with van der Waals surface area (Å²) in [7, 11) is 0. The fraction of sp³-hybridized carbons (Fsp3) is 0.476. The van der Waals surface area contributed by atoms with Crippen LogP contribution >= 0.6 is 0 Å². The summed E-state index contributed by atoms with van der Waals surface area (Å²) in [6, 6.07) is 6.15. The summed E-state index contributed by atoms with van der Waals surface area (Å²) < 4.78 is 11.3. The highest BCUT2D eigenvalue weighted by molar-refractivity contribution is 5.78. The van der Waals surface area contributed by atoms with Crippen LogP contribution in [0.15, 0.2) is 24.4 Å². The molecule has 1 atom stereocenters. The molecule has 0 unspecified atom stereocenters. The molecule has 3 heterocycles. The maximum absolute atomic E-state index is 12.3. The molecule has 1 N–H and O–H groups in total. The van der Waals surface area contributed by atoms with Crippen LogP contribution in [0.5, 0.6) is 5.75 Å². The van der Waals surface area contributed by atoms with Crippen LogP contribution in [0.4, 0.5) is 0 Å². The average molecular weight is 367 g/mol. The molecule has 1 saturated heterocycles. The number of nitrogens with one attached hydrogen (secondary N) is 1. The van der Waals surface area contributed by atoms with Gasteiger partial charge in [0.15, 0.2) is 0 Å². The van der Waals surface area contributed by atoms with Crippen LogP contribution in [0.25, 0.3) is 11.3 Å². The molecule has 0 saturated carbocycles. The highest BCUT2D eigenvalue weighted by atomic mass is 16.5. The van der Waals surface area contributed by atoms with E-state index in [1.54, 1.807) is 6.20 Å². The van der Waals surface area contributed by atoms with Crippen LogP contribution < -0.4 is 10.1 Å². The van der Waals surface area contributed by atoms with Crippen LogP contribution in [-0.2, 0) is 16.0 Å². The van der Waals surface area contributed by atoms with E-state index in [1.165, 1.54) is 0 Å². The number of aryl methyl sites for hydroxylation is 2. The number of nitrogens with zero attached hydrogens (tertiary/aromatic N) is 2. The van der Waals surface area contributed by atoms with Gasteiger partial charge in [-0.15, -0.1) is 0 Å². The smallest absolute Gasteiger partial charge is 0.223 e. The predicted octanol–water partition coefficient (Wildman–Crippen LogP) is 2.61. The van der Waals surface area contributed by atoms with Gasteiger partial charge in [0.1, 0.15) is 11.9 Å². The third-order valence-corrected chi connectivity index (χ3v) is 5.25. The fourth-order valence-corrected chi connectivity index (χ4v) is 3.71. The molecule has 2 aliphatic rings. The Labute approximate surface area is 159 Å². The SMILES string of the molecule is Cc1cnc(C)c(-c2ccc3c(c2)C[C@H](CNC(=O)C2CCOCC2)O3)n1. The zero-order valence-corrected chi connectivity index (χ0v) is 15.8. The van der Waals surface area contributed by atoms with E-state index >= 15 is 0 Å². The lowest BCUT2D eigenvalue weighted by Crippen LogP contribution is -2.39. The lowest BCUT2D eigenvalue weighted by molar-refractivity contribution is -0.128. The highest BCUT2D eigenvalue weighted by Gasteiger charge is 2.26. The predicted molar refractivity (Wildman–Crippen MR) is 102 cm³/mol. The molecule has 142 valence electrons. The standard InChI is InChI=1S/C21H25N3O3/c1-13-11-22-14(2)20(24-13)16-3-4-19-17(9-16)10-18(27-19)12-23-21(25)15-5-7-26-8-6-15/h3-4,9,11,15,18H,5-8,10,12H2,1-2H3,(H,23,25)/t18-/m1/s1. The van der Waals surface area contributed by atoms with Gasteiger partial charge >= 0.3 is 0 Å². The van der Waals surface area contributed by atoms with E-state index in [0.717, 1.165) is 53.2 Å². The summed E-state index contributed by atoms with van der Waals surface area (Å²) in [6.07, 6.45) is 4.15. The number of carbonyl (C=O) groups excluding carboxylic acids is 1. The van der Waals surface area contributed by atoms with Gasteiger partial charge in [-0.3, -0.25) is 9.78 Å². The van der Waals surface area contributed by atoms with Crippen molar-refractivity contribution in [3.05, 3.63) is 41.3 Å². The maximum atomic E-state index is 12.3. The molecular formula is C21H25N3O3. The van der Waals surface area contributed by atoms with E-state index in [9.17, 15) is 4.79 Å². The van der Waals surface area contributed by atoms with Gasteiger partial charge in [0.2, 0.25) is 5.91 Å². The average Bonchev–Trinajstić information content (AvgIpc) is 3.10. The monoisotopic (exact) mass is 367 g/mol. The van der Waals surface area contributed by atoms with Crippen LogP contribution in [0.1, 0.15) is 29.8 Å². The van der Waals surface area contributed by atoms with E-state index in [-0.39, 0.29) is 17.9 Å². The number of aromatic nitrogens is 2. The Morgan fingerprint density at radius 2 is 2.07 bits per heavy atom. The van der Waals surface area contributed by atoms with Gasteiger partial charge < -0.3 is 14.8 Å². The van der Waals surface area contributed by atoms with Gasteiger partial charge in [-0.25, -0.2) is 4.98 Å². The summed E-state index contributed by atoms with van der Waals surface area (Å²) in [6.45, 7) is 5.80. The van der Waals surface area contributed by atoms with E-state index < -0.39 is 0 Å². The molecule has 1 fully saturated rings. The van der Waals surface area contributed by atoms with Crippen molar-refractivity contribution < 1.29 is 14.3 Å². The largest absolute Gasteiger partial charge is 0.488 e. The Kier molecular flexibility index (Phi) is 5.07. The first-order chi connectivity index (χ1) is 13.1. The van der Waals surface area contributed by atoms with Gasteiger partial charge in [0.25, 0.3) is 0 Å². The molecule has 4 rings (SSSR count). The quantitative estimate of drug-likeness (QED) is 0.899. The summed E-state index contributed by atoms with van der Waals surface area (Å²) in [5.74, 6) is 1.07. The first-order valence-electron chi connectivity index (χ1n) is 9.56. The van der Waals surface area contributed by atoms with Crippen molar-refractivity contribution in [2.45, 2.75) is 39.2 Å². The van der Waals surface area contributed by atoms with Crippen molar-refractivity contribution >= 4 is 5.91 Å². The summed E-state index contributed by atoms with van der Waals surface area (Å²) in [5, 5.41) is 3.05. The third-order valence-electron chi connectivity index (χ3n) is 5.25. The van der Waals surface area contributed by atoms with Crippen LogP contribution in [0.2, 0.25) is 0 Å². The molecule has 0 aliphatic carbocycles. The van der Waals surface area contributed by atoms with Gasteiger partial charge in [0, 0.05) is 37.3 Å². The van der Waals surface area contributed by atoms with Gasteiger partial charge in [-0.2, -0.15) is 0 Å². The summed E-state index contributed by atoms with van der Waals surface area (Å²) >= 11 is 0. The van der Waals surface area contributed by atoms with Crippen molar-refractivity contribution in [1.29, 1.82) is 0 Å². The molecule has 1 amide bonds. The Balaban J connectivity index is 1.40. The van der Waals surface area contributed by atoms with E-state index in [2.05, 4.69) is 21.4 Å². The van der Waals surface area contributed by atoms with Crippen LogP contribution in [-0.4, -0.2) is 41.7 Å². The number of carbonyl (C=O) groups is 1. The van der Waals surface area contributed by atoms with Gasteiger partial charge in [-0.1, -0.05) is 0 Å². The molecule has 6 heteroatoms. The number of fused-ring (bicyclic) bond motifs is 1. The van der Waals surface area contributed by atoms with Gasteiger partial charge in [-0.05, 0) is 50.5 Å². The van der Waals surface area contributed by atoms with E-state index in [1.807, 2.05) is 26.0 Å². The van der Waals surface area contributed by atoms with Crippen molar-refractivity contribution in [2.24, 2.45) is 5.92 Å². The molecule has 0 spiro atoms. The first-order valence-corrected chi connectivity index (χ1v) is 9.56. The zero-order valence-electron chi connectivity index (χ0n) is 15.8. The number of rotatable bonds is 4. The van der Waals surface area contributed by atoms with Crippen LogP contribution in [0, 0.1) is 19.8 Å². The number of benzene rings is 1. The van der Waals surface area contributed by atoms with E-state index in [4.69, 9.17) is 9.47 Å². The number of ether oxygens (including phenoxy) is 2. The van der Waals surface area contributed by atoms with Crippen LogP contribution in [0.3, 0.4) is 0 Å². The molecule has 2 aromatic rings. The number of amides is 1. The topological polar surface area (TPSA) is 73.3 Å². The minimum absolute atomic E-state index is 0.0243. The molecule has 27 heavy (non-hydrogen) atoms. The molecule has 0 radical (unpaired) electrons. The van der Waals surface area contributed by atoms with Crippen molar-refractivity contribution in [1.82, 2.24) is 15.3 Å². The van der Waals surface area contributed by atoms with E-state index in [0.29, 0.717) is 19.8 Å². The molecule has 2 aliphatic heterocycles. The van der Waals surface area contributed by atoms with Crippen molar-refractivity contribution in [3.63, 3.8) is 0 Å². The maximum Gasteiger partial charge on any atom is 0.223 e. The first kappa shape index (κ1) is 17.9. The molecule has 1 aromatic carbocycles. The third kappa shape index (κ3) is 3.95. The molecular weight excluding hydrogens is 342 g/mol. The second kappa shape index (κ2) is 7.64. The molecule has 6 nitrogen and oxygen atoms in total. The highest BCUT2D eigenvalue weighted by Crippen LogP contribution is 2.33.